The minimum Gasteiger partial charge on any atom is -0.348 e. The van der Waals surface area contributed by atoms with E-state index in [-0.39, 0.29) is 17.9 Å². The minimum absolute atomic E-state index is 0.0295. The summed E-state index contributed by atoms with van der Waals surface area (Å²) in [5.41, 5.74) is 4.14. The molecule has 1 N–H and O–H groups in total. The number of rotatable bonds is 5. The van der Waals surface area contributed by atoms with Gasteiger partial charge in [-0.25, -0.2) is 0 Å². The number of fused-ring (bicyclic) bond motifs is 1. The molecular formula is C26H39N3O2. The quantitative estimate of drug-likeness (QED) is 0.779. The number of hydrogen-bond acceptors (Lipinski definition) is 3. The molecule has 0 saturated carbocycles. The second kappa shape index (κ2) is 10.6. The Morgan fingerprint density at radius 2 is 1.61 bits per heavy atom. The lowest BCUT2D eigenvalue weighted by molar-refractivity contribution is -0.137. The Balaban J connectivity index is 1.22. The molecule has 2 saturated heterocycles. The summed E-state index contributed by atoms with van der Waals surface area (Å²) in [5.74, 6) is 0.585. The van der Waals surface area contributed by atoms with Crippen molar-refractivity contribution in [3.8, 4) is 0 Å². The number of likely N-dealkylation sites (tertiary alicyclic amines) is 2. The maximum absolute atomic E-state index is 12.9. The van der Waals surface area contributed by atoms with E-state index < -0.39 is 0 Å². The Hall–Kier alpha value is -1.88. The summed E-state index contributed by atoms with van der Waals surface area (Å²) in [6.45, 7) is 6.05. The summed E-state index contributed by atoms with van der Waals surface area (Å²) in [4.78, 5) is 29.8. The maximum atomic E-state index is 12.9. The van der Waals surface area contributed by atoms with E-state index in [1.807, 2.05) is 0 Å². The van der Waals surface area contributed by atoms with Crippen molar-refractivity contribution in [3.63, 3.8) is 0 Å². The molecule has 0 radical (unpaired) electrons. The van der Waals surface area contributed by atoms with E-state index >= 15 is 0 Å². The van der Waals surface area contributed by atoms with Crippen LogP contribution in [0.2, 0.25) is 0 Å². The van der Waals surface area contributed by atoms with Crippen molar-refractivity contribution in [3.05, 3.63) is 34.9 Å². The molecule has 0 spiro atoms. The van der Waals surface area contributed by atoms with Gasteiger partial charge in [0, 0.05) is 19.0 Å². The van der Waals surface area contributed by atoms with Crippen LogP contribution in [0.4, 0.5) is 0 Å². The van der Waals surface area contributed by atoms with Crippen LogP contribution in [0.5, 0.6) is 0 Å². The molecule has 170 valence electrons. The van der Waals surface area contributed by atoms with Crippen LogP contribution in [-0.4, -0.2) is 54.3 Å². The van der Waals surface area contributed by atoms with Crippen molar-refractivity contribution in [1.82, 2.24) is 15.1 Å². The molecule has 2 amide bonds. The van der Waals surface area contributed by atoms with Gasteiger partial charge in [-0.05, 0) is 88.1 Å². The second-order valence-electron chi connectivity index (χ2n) is 9.81. The molecule has 3 aliphatic rings. The Labute approximate surface area is 187 Å². The van der Waals surface area contributed by atoms with Crippen molar-refractivity contribution >= 4 is 11.8 Å². The highest BCUT2D eigenvalue weighted by molar-refractivity contribution is 5.80. The van der Waals surface area contributed by atoms with Crippen LogP contribution in [0, 0.1) is 5.92 Å². The zero-order chi connectivity index (χ0) is 21.6. The number of aryl methyl sites for hydroxylation is 2. The van der Waals surface area contributed by atoms with Gasteiger partial charge in [-0.2, -0.15) is 0 Å². The Bertz CT molecular complexity index is 762. The molecule has 2 fully saturated rings. The fourth-order valence-corrected chi connectivity index (χ4v) is 5.48. The van der Waals surface area contributed by atoms with Crippen LogP contribution >= 0.6 is 0 Å². The fourth-order valence-electron chi connectivity index (χ4n) is 5.48. The smallest absolute Gasteiger partial charge is 0.234 e. The number of piperidine rings is 1. The molecule has 4 rings (SSSR count). The van der Waals surface area contributed by atoms with E-state index in [0.29, 0.717) is 12.5 Å². The summed E-state index contributed by atoms with van der Waals surface area (Å²) in [6.07, 6.45) is 11.5. The first-order valence-electron chi connectivity index (χ1n) is 12.5. The second-order valence-corrected chi connectivity index (χ2v) is 9.81. The maximum Gasteiger partial charge on any atom is 0.234 e. The van der Waals surface area contributed by atoms with Crippen LogP contribution in [-0.2, 0) is 22.4 Å². The van der Waals surface area contributed by atoms with Gasteiger partial charge in [0.2, 0.25) is 11.8 Å². The number of nitrogens with one attached hydrogen (secondary N) is 1. The predicted octanol–water partition coefficient (Wildman–Crippen LogP) is 3.86. The molecule has 0 bridgehead atoms. The Morgan fingerprint density at radius 3 is 2.32 bits per heavy atom. The predicted molar refractivity (Wildman–Crippen MR) is 124 cm³/mol. The topological polar surface area (TPSA) is 52.7 Å². The van der Waals surface area contributed by atoms with Gasteiger partial charge >= 0.3 is 0 Å². The van der Waals surface area contributed by atoms with E-state index in [1.54, 1.807) is 0 Å². The Kier molecular flexibility index (Phi) is 7.65. The average Bonchev–Trinajstić information content (AvgIpc) is 3.08. The summed E-state index contributed by atoms with van der Waals surface area (Å²) in [6, 6.07) is 6.74. The molecule has 0 aromatic heterocycles. The summed E-state index contributed by atoms with van der Waals surface area (Å²) < 4.78 is 0. The molecule has 5 nitrogen and oxygen atoms in total. The van der Waals surface area contributed by atoms with Crippen molar-refractivity contribution in [2.75, 3.05) is 32.7 Å². The lowest BCUT2D eigenvalue weighted by atomic mass is 9.89. The molecule has 2 aliphatic heterocycles. The van der Waals surface area contributed by atoms with E-state index in [4.69, 9.17) is 0 Å². The van der Waals surface area contributed by atoms with Crippen LogP contribution in [0.1, 0.15) is 81.0 Å². The zero-order valence-corrected chi connectivity index (χ0v) is 19.2. The zero-order valence-electron chi connectivity index (χ0n) is 19.2. The van der Waals surface area contributed by atoms with Gasteiger partial charge in [0.15, 0.2) is 0 Å². The minimum atomic E-state index is 0.0295. The van der Waals surface area contributed by atoms with E-state index in [0.717, 1.165) is 58.3 Å². The fraction of sp³-hybridized carbons (Fsp3) is 0.692. The van der Waals surface area contributed by atoms with E-state index in [2.05, 4.69) is 40.2 Å². The molecule has 5 heteroatoms. The normalized spacial score (nSPS) is 21.8. The first kappa shape index (κ1) is 22.3. The summed E-state index contributed by atoms with van der Waals surface area (Å²) in [7, 11) is 0. The number of benzene rings is 1. The largest absolute Gasteiger partial charge is 0.348 e. The van der Waals surface area contributed by atoms with Gasteiger partial charge in [-0.1, -0.05) is 31.0 Å². The van der Waals surface area contributed by atoms with Crippen LogP contribution < -0.4 is 5.32 Å². The lowest BCUT2D eigenvalue weighted by Gasteiger charge is -2.33. The summed E-state index contributed by atoms with van der Waals surface area (Å²) >= 11 is 0. The molecule has 1 atom stereocenters. The molecule has 1 aromatic carbocycles. The number of nitrogens with zero attached hydrogens (tertiary/aromatic N) is 2. The van der Waals surface area contributed by atoms with Crippen molar-refractivity contribution in [2.24, 2.45) is 5.92 Å². The number of carbonyl (C=O) groups is 2. The van der Waals surface area contributed by atoms with E-state index in [9.17, 15) is 9.59 Å². The molecule has 31 heavy (non-hydrogen) atoms. The molecule has 1 aromatic rings. The van der Waals surface area contributed by atoms with Gasteiger partial charge in [0.1, 0.15) is 0 Å². The first-order chi connectivity index (χ1) is 15.1. The van der Waals surface area contributed by atoms with Gasteiger partial charge in [-0.3, -0.25) is 14.5 Å². The molecule has 1 aliphatic carbocycles. The number of hydrogen-bond donors (Lipinski definition) is 1. The number of carbonyl (C=O) groups excluding carboxylic acids is 2. The molecule has 2 heterocycles. The Morgan fingerprint density at radius 1 is 0.935 bits per heavy atom. The molecular weight excluding hydrogens is 386 g/mol. The highest BCUT2D eigenvalue weighted by atomic mass is 16.2. The van der Waals surface area contributed by atoms with Crippen molar-refractivity contribution < 1.29 is 9.59 Å². The van der Waals surface area contributed by atoms with Gasteiger partial charge < -0.3 is 10.2 Å². The van der Waals surface area contributed by atoms with Crippen LogP contribution in [0.3, 0.4) is 0 Å². The van der Waals surface area contributed by atoms with E-state index in [1.165, 1.54) is 48.8 Å². The first-order valence-corrected chi connectivity index (χ1v) is 12.5. The molecule has 0 unspecified atom stereocenters. The van der Waals surface area contributed by atoms with Gasteiger partial charge in [0.25, 0.3) is 0 Å². The standard InChI is InChI=1S/C26H39N3O2/c1-20(23-11-10-21-8-4-5-9-24(21)18-23)27-25(30)19-28-16-12-22(13-17-28)26(31)29-14-6-2-3-7-15-29/h10-11,18,20,22H,2-9,12-17,19H2,1H3,(H,27,30)/t20-/m1/s1. The monoisotopic (exact) mass is 425 g/mol. The highest BCUT2D eigenvalue weighted by Crippen LogP contribution is 2.25. The SMILES string of the molecule is C[C@@H](NC(=O)CN1CCC(C(=O)N2CCCCCC2)CC1)c1ccc2c(c1)CCCC2. The third kappa shape index (κ3) is 5.88. The third-order valence-corrected chi connectivity index (χ3v) is 7.47. The van der Waals surface area contributed by atoms with Crippen LogP contribution in [0.15, 0.2) is 18.2 Å². The summed E-state index contributed by atoms with van der Waals surface area (Å²) in [5, 5.41) is 3.19. The van der Waals surface area contributed by atoms with Gasteiger partial charge in [0.05, 0.1) is 12.6 Å². The van der Waals surface area contributed by atoms with Crippen molar-refractivity contribution in [2.45, 2.75) is 77.2 Å². The highest BCUT2D eigenvalue weighted by Gasteiger charge is 2.29. The third-order valence-electron chi connectivity index (χ3n) is 7.47. The van der Waals surface area contributed by atoms with Gasteiger partial charge in [-0.15, -0.1) is 0 Å². The van der Waals surface area contributed by atoms with Crippen LogP contribution in [0.25, 0.3) is 0 Å². The lowest BCUT2D eigenvalue weighted by Crippen LogP contribution is -2.46. The van der Waals surface area contributed by atoms with Crippen molar-refractivity contribution in [1.29, 1.82) is 0 Å². The average molecular weight is 426 g/mol. The number of amides is 2.